The lowest BCUT2D eigenvalue weighted by Crippen LogP contribution is -2.50. The Hall–Kier alpha value is -0.120. The lowest BCUT2D eigenvalue weighted by Gasteiger charge is -2.30. The summed E-state index contributed by atoms with van der Waals surface area (Å²) in [7, 11) is 3.71. The van der Waals surface area contributed by atoms with Crippen LogP contribution in [0.2, 0.25) is 0 Å². The van der Waals surface area contributed by atoms with Gasteiger partial charge in [0.2, 0.25) is 0 Å². The summed E-state index contributed by atoms with van der Waals surface area (Å²) < 4.78 is 0. The summed E-state index contributed by atoms with van der Waals surface area (Å²) in [5, 5.41) is 3.56. The summed E-state index contributed by atoms with van der Waals surface area (Å²) in [6.07, 6.45) is 2.80. The van der Waals surface area contributed by atoms with Crippen LogP contribution in [0.3, 0.4) is 0 Å². The molecule has 2 aliphatic rings. The smallest absolute Gasteiger partial charge is 0.0310 e. The van der Waals surface area contributed by atoms with Gasteiger partial charge in [0, 0.05) is 25.2 Å². The lowest BCUT2D eigenvalue weighted by molar-refractivity contribution is 0.227. The van der Waals surface area contributed by atoms with Gasteiger partial charge in [-0.05, 0) is 26.9 Å². The van der Waals surface area contributed by atoms with E-state index >= 15 is 0 Å². The minimum absolute atomic E-state index is 0.576. The molecule has 0 radical (unpaired) electrons. The quantitative estimate of drug-likeness (QED) is 0.585. The summed E-state index contributed by atoms with van der Waals surface area (Å²) in [6.45, 7) is 7.69. The summed E-state index contributed by atoms with van der Waals surface area (Å²) in [5.41, 5.74) is 5.08. The average Bonchev–Trinajstić information content (AvgIpc) is 2.91. The van der Waals surface area contributed by atoms with Crippen LogP contribution in [0, 0.1) is 0 Å². The molecule has 0 amide bonds. The molecule has 1 heterocycles. The molecule has 0 aromatic rings. The Morgan fingerprint density at radius 3 is 2.08 bits per heavy atom. The zero-order valence-electron chi connectivity index (χ0n) is 9.56. The summed E-state index contributed by atoms with van der Waals surface area (Å²) in [5.74, 6) is 0. The number of rotatable bonds is 0. The monoisotopic (exact) mass is 187 g/mol. The highest BCUT2D eigenvalue weighted by atomic mass is 15.2. The predicted octanol–water partition coefficient (Wildman–Crippen LogP) is 0.655. The molecule has 3 nitrogen and oxygen atoms in total. The first-order valence-corrected chi connectivity index (χ1v) is 5.32. The molecule has 1 aliphatic carbocycles. The molecule has 0 unspecified atom stereocenters. The lowest BCUT2D eigenvalue weighted by atomic mass is 10.2. The fourth-order valence-electron chi connectivity index (χ4n) is 1.65. The molecule has 1 saturated carbocycles. The fraction of sp³-hybridized carbons (Fsp3) is 1.00. The molecule has 0 bridgehead atoms. The van der Waals surface area contributed by atoms with Crippen molar-refractivity contribution in [1.82, 2.24) is 10.2 Å². The van der Waals surface area contributed by atoms with Crippen molar-refractivity contribution in [2.24, 2.45) is 5.73 Å². The van der Waals surface area contributed by atoms with Gasteiger partial charge in [0.1, 0.15) is 0 Å². The minimum Gasteiger partial charge on any atom is -0.333 e. The van der Waals surface area contributed by atoms with E-state index in [-0.39, 0.29) is 0 Å². The van der Waals surface area contributed by atoms with Crippen molar-refractivity contribution in [3.8, 4) is 0 Å². The van der Waals surface area contributed by atoms with E-state index in [4.69, 9.17) is 0 Å². The Labute approximate surface area is 82.7 Å². The van der Waals surface area contributed by atoms with Crippen molar-refractivity contribution in [2.45, 2.75) is 32.2 Å². The molecule has 1 saturated heterocycles. The molecule has 80 valence electrons. The van der Waals surface area contributed by atoms with Crippen molar-refractivity contribution in [2.75, 3.05) is 33.7 Å². The number of hydrogen-bond donors (Lipinski definition) is 2. The third-order valence-corrected chi connectivity index (χ3v) is 2.42. The van der Waals surface area contributed by atoms with Gasteiger partial charge >= 0.3 is 0 Å². The number of nitrogens with one attached hydrogen (secondary N) is 1. The van der Waals surface area contributed by atoms with Gasteiger partial charge in [0.25, 0.3) is 0 Å². The molecule has 2 fully saturated rings. The van der Waals surface area contributed by atoms with Gasteiger partial charge in [-0.1, -0.05) is 13.8 Å². The summed E-state index contributed by atoms with van der Waals surface area (Å²) >= 11 is 0. The molecular weight excluding hydrogens is 162 g/mol. The Morgan fingerprint density at radius 1 is 1.23 bits per heavy atom. The maximum Gasteiger partial charge on any atom is 0.0310 e. The maximum atomic E-state index is 4.50. The van der Waals surface area contributed by atoms with E-state index in [2.05, 4.69) is 23.0 Å². The molecule has 0 aromatic heterocycles. The number of nitrogens with two attached hydrogens (primary N) is 1. The molecule has 1 aliphatic heterocycles. The van der Waals surface area contributed by atoms with Crippen molar-refractivity contribution in [1.29, 1.82) is 0 Å². The molecule has 0 aromatic carbocycles. The van der Waals surface area contributed by atoms with Crippen molar-refractivity contribution >= 4 is 0 Å². The van der Waals surface area contributed by atoms with E-state index in [0.29, 0.717) is 5.54 Å². The maximum absolute atomic E-state index is 4.50. The van der Waals surface area contributed by atoms with Crippen LogP contribution in [0.1, 0.15) is 26.7 Å². The fourth-order valence-corrected chi connectivity index (χ4v) is 1.65. The Balaban J connectivity index is 0.000000322. The third kappa shape index (κ3) is 4.07. The molecule has 3 N–H and O–H groups in total. The average molecular weight is 187 g/mol. The van der Waals surface area contributed by atoms with Crippen LogP contribution in [0.4, 0.5) is 0 Å². The van der Waals surface area contributed by atoms with Crippen LogP contribution in [0.25, 0.3) is 0 Å². The van der Waals surface area contributed by atoms with Gasteiger partial charge in [-0.2, -0.15) is 0 Å². The van der Waals surface area contributed by atoms with E-state index < -0.39 is 0 Å². The van der Waals surface area contributed by atoms with Gasteiger partial charge < -0.3 is 16.0 Å². The highest BCUT2D eigenvalue weighted by Gasteiger charge is 2.44. The van der Waals surface area contributed by atoms with Crippen LogP contribution in [-0.4, -0.2) is 44.2 Å². The zero-order valence-corrected chi connectivity index (χ0v) is 9.56. The molecule has 2 rings (SSSR count). The summed E-state index contributed by atoms with van der Waals surface area (Å²) in [6, 6.07) is 0. The van der Waals surface area contributed by atoms with E-state index in [0.717, 1.165) is 0 Å². The van der Waals surface area contributed by atoms with Crippen LogP contribution in [0.15, 0.2) is 0 Å². The van der Waals surface area contributed by atoms with Gasteiger partial charge in [-0.25, -0.2) is 0 Å². The van der Waals surface area contributed by atoms with Crippen LogP contribution < -0.4 is 11.1 Å². The second-order valence-corrected chi connectivity index (χ2v) is 3.44. The van der Waals surface area contributed by atoms with Crippen LogP contribution >= 0.6 is 0 Å². The molecular formula is C10H25N3. The van der Waals surface area contributed by atoms with Crippen LogP contribution in [0.5, 0.6) is 0 Å². The van der Waals surface area contributed by atoms with E-state index in [1.807, 2.05) is 13.8 Å². The SMILES string of the molecule is CC.CN.CN1CCNC2(CC2)C1. The number of piperazine rings is 1. The second kappa shape index (κ2) is 6.35. The van der Waals surface area contributed by atoms with Crippen molar-refractivity contribution < 1.29 is 0 Å². The van der Waals surface area contributed by atoms with E-state index in [1.165, 1.54) is 39.5 Å². The number of hydrogen-bond acceptors (Lipinski definition) is 3. The Kier molecular flexibility index (Phi) is 6.29. The first-order valence-electron chi connectivity index (χ1n) is 5.32. The highest BCUT2D eigenvalue weighted by Crippen LogP contribution is 2.36. The highest BCUT2D eigenvalue weighted by molar-refractivity contribution is 5.05. The zero-order chi connectivity index (χ0) is 10.3. The Morgan fingerprint density at radius 2 is 1.77 bits per heavy atom. The third-order valence-electron chi connectivity index (χ3n) is 2.42. The first kappa shape index (κ1) is 12.9. The molecule has 3 heteroatoms. The van der Waals surface area contributed by atoms with E-state index in [9.17, 15) is 0 Å². The normalized spacial score (nSPS) is 23.8. The first-order chi connectivity index (χ1) is 6.31. The Bertz CT molecular complexity index is 121. The largest absolute Gasteiger partial charge is 0.333 e. The molecule has 0 atom stereocenters. The van der Waals surface area contributed by atoms with Crippen LogP contribution in [-0.2, 0) is 0 Å². The van der Waals surface area contributed by atoms with Gasteiger partial charge in [0.15, 0.2) is 0 Å². The molecule has 13 heavy (non-hydrogen) atoms. The molecule has 1 spiro atoms. The topological polar surface area (TPSA) is 41.3 Å². The standard InChI is InChI=1S/C7H14N2.C2H6.CH5N/c1-9-5-4-8-7(6-9)2-3-7;2*1-2/h8H,2-6H2,1H3;1-2H3;2H2,1H3. The van der Waals surface area contributed by atoms with Crippen molar-refractivity contribution in [3.63, 3.8) is 0 Å². The van der Waals surface area contributed by atoms with Gasteiger partial charge in [-0.15, -0.1) is 0 Å². The number of nitrogens with zero attached hydrogens (tertiary/aromatic N) is 1. The summed E-state index contributed by atoms with van der Waals surface area (Å²) in [4.78, 5) is 2.42. The number of likely N-dealkylation sites (N-methyl/N-ethyl adjacent to an activating group) is 1. The van der Waals surface area contributed by atoms with Crippen molar-refractivity contribution in [3.05, 3.63) is 0 Å². The van der Waals surface area contributed by atoms with E-state index in [1.54, 1.807) is 0 Å². The predicted molar refractivity (Wildman–Crippen MR) is 58.9 cm³/mol. The minimum atomic E-state index is 0.576. The second-order valence-electron chi connectivity index (χ2n) is 3.44. The van der Waals surface area contributed by atoms with Gasteiger partial charge in [-0.3, -0.25) is 0 Å². The van der Waals surface area contributed by atoms with Gasteiger partial charge in [0.05, 0.1) is 0 Å².